The van der Waals surface area contributed by atoms with Gasteiger partial charge in [0.15, 0.2) is 0 Å². The fourth-order valence-corrected chi connectivity index (χ4v) is 8.98. The van der Waals surface area contributed by atoms with Gasteiger partial charge in [-0.25, -0.2) is 8.37 Å². The molecular formula is C21H34O8S2. The first-order valence-corrected chi connectivity index (χ1v) is 14.0. The zero-order valence-corrected chi connectivity index (χ0v) is 20.0. The Bertz CT molecular complexity index is 958. The maximum Gasteiger partial charge on any atom is 0.397 e. The molecule has 8 nitrogen and oxygen atoms in total. The highest BCUT2D eigenvalue weighted by Gasteiger charge is 2.59. The standard InChI is InChI=1S/C21H34O8S2/c1-13(28-30(22,23)24)17-6-7-18-16-5-4-14-12-15(29-31(25,26)27)8-10-20(14,2)19(16)9-11-21(17,18)3/h4,13,15-19H,5-12H2,1-3H3,(H,22,23,24)(H,25,26,27)/t13-,15-,16+,17-,18+,19+,20+,21-/m1/s1. The van der Waals surface area contributed by atoms with E-state index in [2.05, 4.69) is 19.9 Å². The van der Waals surface area contributed by atoms with Crippen molar-refractivity contribution in [3.05, 3.63) is 11.6 Å². The molecule has 10 heteroatoms. The molecule has 0 aliphatic heterocycles. The summed E-state index contributed by atoms with van der Waals surface area (Å²) in [4.78, 5) is 0. The van der Waals surface area contributed by atoms with Gasteiger partial charge < -0.3 is 0 Å². The summed E-state index contributed by atoms with van der Waals surface area (Å²) in [5.74, 6) is 1.53. The summed E-state index contributed by atoms with van der Waals surface area (Å²) in [6.45, 7) is 6.29. The molecule has 8 atom stereocenters. The van der Waals surface area contributed by atoms with E-state index in [0.717, 1.165) is 38.5 Å². The van der Waals surface area contributed by atoms with E-state index in [0.29, 0.717) is 30.6 Å². The van der Waals surface area contributed by atoms with Crippen LogP contribution in [0.15, 0.2) is 11.6 Å². The zero-order chi connectivity index (χ0) is 22.8. The summed E-state index contributed by atoms with van der Waals surface area (Å²) < 4.78 is 72.9. The molecule has 0 spiro atoms. The van der Waals surface area contributed by atoms with E-state index in [1.165, 1.54) is 5.57 Å². The first-order chi connectivity index (χ1) is 14.2. The minimum atomic E-state index is -4.47. The quantitative estimate of drug-likeness (QED) is 0.449. The highest BCUT2D eigenvalue weighted by Crippen LogP contribution is 2.66. The van der Waals surface area contributed by atoms with Crippen LogP contribution < -0.4 is 0 Å². The Hall–Kier alpha value is -0.520. The second-order valence-corrected chi connectivity index (χ2v) is 12.7. The molecule has 0 unspecified atom stereocenters. The fraction of sp³-hybridized carbons (Fsp3) is 0.905. The molecule has 0 saturated heterocycles. The van der Waals surface area contributed by atoms with Crippen molar-refractivity contribution in [2.45, 2.75) is 84.3 Å². The Balaban J connectivity index is 1.54. The third kappa shape index (κ3) is 4.36. The lowest BCUT2D eigenvalue weighted by Crippen LogP contribution is -2.51. The summed E-state index contributed by atoms with van der Waals surface area (Å²) in [7, 11) is -8.93. The smallest absolute Gasteiger partial charge is 0.264 e. The zero-order valence-electron chi connectivity index (χ0n) is 18.4. The molecule has 0 aromatic heterocycles. The van der Waals surface area contributed by atoms with Crippen LogP contribution in [0.2, 0.25) is 0 Å². The molecule has 2 N–H and O–H groups in total. The molecule has 0 bridgehead atoms. The van der Waals surface area contributed by atoms with E-state index in [-0.39, 0.29) is 16.7 Å². The largest absolute Gasteiger partial charge is 0.397 e. The molecule has 0 aromatic rings. The number of hydrogen-bond donors (Lipinski definition) is 2. The molecule has 4 rings (SSSR count). The predicted molar refractivity (Wildman–Crippen MR) is 114 cm³/mol. The van der Waals surface area contributed by atoms with Gasteiger partial charge in [-0.1, -0.05) is 25.5 Å². The molecule has 3 saturated carbocycles. The third-order valence-electron chi connectivity index (χ3n) is 9.23. The van der Waals surface area contributed by atoms with Crippen LogP contribution in [0.3, 0.4) is 0 Å². The van der Waals surface area contributed by atoms with Crippen molar-refractivity contribution >= 4 is 20.8 Å². The van der Waals surface area contributed by atoms with Crippen LogP contribution in [0.1, 0.15) is 72.1 Å². The van der Waals surface area contributed by atoms with Gasteiger partial charge in [-0.15, -0.1) is 0 Å². The average Bonchev–Trinajstić information content (AvgIpc) is 2.97. The van der Waals surface area contributed by atoms with Gasteiger partial charge in [0.05, 0.1) is 12.2 Å². The van der Waals surface area contributed by atoms with E-state index in [1.54, 1.807) is 6.92 Å². The Kier molecular flexibility index (Phi) is 5.92. The van der Waals surface area contributed by atoms with Crippen LogP contribution in [-0.2, 0) is 29.2 Å². The van der Waals surface area contributed by atoms with E-state index in [9.17, 15) is 16.8 Å². The molecule has 0 aromatic carbocycles. The lowest BCUT2D eigenvalue weighted by Gasteiger charge is -2.58. The SMILES string of the molecule is C[C@@H](OS(=O)(=O)O)[C@H]1CC[C@H]2[C@@H]3CC=C4C[C@H](OS(=O)(=O)O)CC[C@]4(C)[C@H]3CC[C@]12C. The maximum atomic E-state index is 11.3. The van der Waals surface area contributed by atoms with Crippen LogP contribution in [0.5, 0.6) is 0 Å². The van der Waals surface area contributed by atoms with Crippen molar-refractivity contribution in [3.63, 3.8) is 0 Å². The highest BCUT2D eigenvalue weighted by atomic mass is 32.3. The van der Waals surface area contributed by atoms with Crippen molar-refractivity contribution in [2.75, 3.05) is 0 Å². The van der Waals surface area contributed by atoms with Gasteiger partial charge in [-0.2, -0.15) is 16.8 Å². The van der Waals surface area contributed by atoms with Gasteiger partial charge in [0.1, 0.15) is 0 Å². The second kappa shape index (κ2) is 7.77. The molecule has 0 radical (unpaired) electrons. The van der Waals surface area contributed by atoms with Crippen LogP contribution in [0.25, 0.3) is 0 Å². The van der Waals surface area contributed by atoms with Crippen molar-refractivity contribution in [2.24, 2.45) is 34.5 Å². The topological polar surface area (TPSA) is 127 Å². The molecule has 31 heavy (non-hydrogen) atoms. The van der Waals surface area contributed by atoms with Crippen molar-refractivity contribution in [1.29, 1.82) is 0 Å². The third-order valence-corrected chi connectivity index (χ3v) is 10.3. The van der Waals surface area contributed by atoms with Gasteiger partial charge in [-0.3, -0.25) is 9.11 Å². The second-order valence-electron chi connectivity index (χ2n) is 10.6. The molecule has 0 amide bonds. The average molecular weight is 479 g/mol. The van der Waals surface area contributed by atoms with Gasteiger partial charge in [0.2, 0.25) is 0 Å². The van der Waals surface area contributed by atoms with E-state index < -0.39 is 33.0 Å². The monoisotopic (exact) mass is 478 g/mol. The summed E-state index contributed by atoms with van der Waals surface area (Å²) >= 11 is 0. The summed E-state index contributed by atoms with van der Waals surface area (Å²) in [5.41, 5.74) is 1.21. The van der Waals surface area contributed by atoms with Crippen molar-refractivity contribution in [3.8, 4) is 0 Å². The number of rotatable bonds is 5. The van der Waals surface area contributed by atoms with E-state index in [4.69, 9.17) is 17.5 Å². The number of fused-ring (bicyclic) bond motifs is 5. The minimum Gasteiger partial charge on any atom is -0.264 e. The summed E-state index contributed by atoms with van der Waals surface area (Å²) in [5, 5.41) is 0. The normalized spacial score (nSPS) is 44.0. The fourth-order valence-electron chi connectivity index (χ4n) is 7.95. The van der Waals surface area contributed by atoms with Gasteiger partial charge in [-0.05, 0) is 92.8 Å². The summed E-state index contributed by atoms with van der Waals surface area (Å²) in [6, 6.07) is 0. The van der Waals surface area contributed by atoms with Crippen LogP contribution in [0.4, 0.5) is 0 Å². The molecule has 3 fully saturated rings. The Morgan fingerprint density at radius 2 is 1.71 bits per heavy atom. The lowest BCUT2D eigenvalue weighted by molar-refractivity contribution is -0.0635. The lowest BCUT2D eigenvalue weighted by atomic mass is 9.47. The van der Waals surface area contributed by atoms with Gasteiger partial charge >= 0.3 is 20.8 Å². The van der Waals surface area contributed by atoms with E-state index in [1.807, 2.05) is 0 Å². The first-order valence-electron chi connectivity index (χ1n) is 11.2. The Labute approximate surface area is 185 Å². The maximum absolute atomic E-state index is 11.3. The van der Waals surface area contributed by atoms with Gasteiger partial charge in [0.25, 0.3) is 0 Å². The molecule has 4 aliphatic rings. The van der Waals surface area contributed by atoms with Gasteiger partial charge in [0, 0.05) is 0 Å². The first kappa shape index (κ1) is 23.6. The summed E-state index contributed by atoms with van der Waals surface area (Å²) in [6.07, 6.45) is 8.01. The Morgan fingerprint density at radius 3 is 2.35 bits per heavy atom. The Morgan fingerprint density at radius 1 is 1.00 bits per heavy atom. The molecule has 0 heterocycles. The molecule has 4 aliphatic carbocycles. The number of allylic oxidation sites excluding steroid dienone is 1. The molecule has 178 valence electrons. The van der Waals surface area contributed by atoms with Crippen molar-refractivity contribution < 1.29 is 34.3 Å². The van der Waals surface area contributed by atoms with Crippen LogP contribution in [0, 0.1) is 34.5 Å². The number of hydrogen-bond acceptors (Lipinski definition) is 6. The van der Waals surface area contributed by atoms with Crippen molar-refractivity contribution in [1.82, 2.24) is 0 Å². The minimum absolute atomic E-state index is 0.00202. The highest BCUT2D eigenvalue weighted by molar-refractivity contribution is 7.81. The van der Waals surface area contributed by atoms with E-state index >= 15 is 0 Å². The molecular weight excluding hydrogens is 444 g/mol. The van der Waals surface area contributed by atoms with Crippen LogP contribution >= 0.6 is 0 Å². The predicted octanol–water partition coefficient (Wildman–Crippen LogP) is 3.96. The van der Waals surface area contributed by atoms with Crippen LogP contribution in [-0.4, -0.2) is 38.1 Å².